The van der Waals surface area contributed by atoms with Crippen LogP contribution in [0.4, 0.5) is 0 Å². The molecule has 0 saturated carbocycles. The van der Waals surface area contributed by atoms with Crippen molar-refractivity contribution in [2.24, 2.45) is 11.7 Å². The lowest BCUT2D eigenvalue weighted by atomic mass is 9.99. The zero-order chi connectivity index (χ0) is 13.3. The van der Waals surface area contributed by atoms with Crippen molar-refractivity contribution in [2.45, 2.75) is 19.3 Å². The summed E-state index contributed by atoms with van der Waals surface area (Å²) in [6.45, 7) is 6.46. The molecule has 1 heterocycles. The quantitative estimate of drug-likeness (QED) is 0.781. The van der Waals surface area contributed by atoms with Crippen LogP contribution in [-0.2, 0) is 6.42 Å². The van der Waals surface area contributed by atoms with Crippen molar-refractivity contribution in [3.05, 3.63) is 35.9 Å². The van der Waals surface area contributed by atoms with Crippen molar-refractivity contribution in [1.82, 2.24) is 10.2 Å². The van der Waals surface area contributed by atoms with Crippen molar-refractivity contribution in [3.63, 3.8) is 0 Å². The van der Waals surface area contributed by atoms with E-state index in [1.807, 2.05) is 0 Å². The van der Waals surface area contributed by atoms with Gasteiger partial charge in [0.15, 0.2) is 0 Å². The Balaban J connectivity index is 1.78. The molecule has 0 spiro atoms. The molecule has 1 atom stereocenters. The first-order valence-corrected chi connectivity index (χ1v) is 7.55. The molecule has 1 aromatic rings. The Morgan fingerprint density at radius 1 is 1.21 bits per heavy atom. The van der Waals surface area contributed by atoms with Gasteiger partial charge in [-0.05, 0) is 43.8 Å². The molecule has 1 aromatic carbocycles. The highest BCUT2D eigenvalue weighted by molar-refractivity contribution is 5.14. The average molecular weight is 261 g/mol. The second-order valence-electron chi connectivity index (χ2n) is 5.54. The molecule has 0 radical (unpaired) electrons. The molecule has 1 fully saturated rings. The van der Waals surface area contributed by atoms with Gasteiger partial charge in [0, 0.05) is 26.2 Å². The monoisotopic (exact) mass is 261 g/mol. The third kappa shape index (κ3) is 5.31. The summed E-state index contributed by atoms with van der Waals surface area (Å²) in [7, 11) is 0. The fourth-order valence-electron chi connectivity index (χ4n) is 2.85. The first-order valence-electron chi connectivity index (χ1n) is 7.55. The third-order valence-electron chi connectivity index (χ3n) is 3.92. The maximum atomic E-state index is 5.75. The van der Waals surface area contributed by atoms with Crippen molar-refractivity contribution < 1.29 is 0 Å². The second kappa shape index (κ2) is 8.31. The highest BCUT2D eigenvalue weighted by Crippen LogP contribution is 2.12. The van der Waals surface area contributed by atoms with E-state index in [2.05, 4.69) is 40.5 Å². The Hall–Kier alpha value is -0.900. The Labute approximate surface area is 117 Å². The maximum Gasteiger partial charge on any atom is 0.0105 e. The van der Waals surface area contributed by atoms with Gasteiger partial charge in [0.1, 0.15) is 0 Å². The molecule has 1 saturated heterocycles. The van der Waals surface area contributed by atoms with Gasteiger partial charge in [-0.3, -0.25) is 0 Å². The molecule has 1 unspecified atom stereocenters. The topological polar surface area (TPSA) is 41.3 Å². The van der Waals surface area contributed by atoms with Gasteiger partial charge in [-0.1, -0.05) is 30.3 Å². The van der Waals surface area contributed by atoms with E-state index in [9.17, 15) is 0 Å². The van der Waals surface area contributed by atoms with E-state index in [4.69, 9.17) is 5.73 Å². The fraction of sp³-hybridized carbons (Fsp3) is 0.625. The molecule has 0 aromatic heterocycles. The van der Waals surface area contributed by atoms with Crippen LogP contribution in [0, 0.1) is 5.92 Å². The molecule has 0 aliphatic carbocycles. The molecule has 3 heteroatoms. The number of hydrogen-bond acceptors (Lipinski definition) is 3. The first-order chi connectivity index (χ1) is 9.38. The van der Waals surface area contributed by atoms with E-state index in [0.717, 1.165) is 32.0 Å². The van der Waals surface area contributed by atoms with E-state index in [1.165, 1.54) is 38.0 Å². The number of nitrogens with zero attached hydrogens (tertiary/aromatic N) is 1. The van der Waals surface area contributed by atoms with Gasteiger partial charge in [0.25, 0.3) is 0 Å². The predicted molar refractivity (Wildman–Crippen MR) is 81.2 cm³/mol. The average Bonchev–Trinajstić information content (AvgIpc) is 2.47. The van der Waals surface area contributed by atoms with Gasteiger partial charge in [0.05, 0.1) is 0 Å². The van der Waals surface area contributed by atoms with Crippen molar-refractivity contribution in [3.8, 4) is 0 Å². The van der Waals surface area contributed by atoms with E-state index < -0.39 is 0 Å². The highest BCUT2D eigenvalue weighted by Gasteiger charge is 2.16. The number of rotatable bonds is 7. The Kier molecular flexibility index (Phi) is 6.34. The van der Waals surface area contributed by atoms with Gasteiger partial charge in [-0.25, -0.2) is 0 Å². The molecule has 106 valence electrons. The molecule has 3 nitrogen and oxygen atoms in total. The van der Waals surface area contributed by atoms with Crippen LogP contribution in [0.25, 0.3) is 0 Å². The molecule has 3 N–H and O–H groups in total. The second-order valence-corrected chi connectivity index (χ2v) is 5.54. The fourth-order valence-corrected chi connectivity index (χ4v) is 2.85. The van der Waals surface area contributed by atoms with E-state index in [1.54, 1.807) is 0 Å². The molecule has 1 aliphatic heterocycles. The Bertz CT molecular complexity index is 333. The minimum absolute atomic E-state index is 0.759. The van der Waals surface area contributed by atoms with Crippen LogP contribution in [0.5, 0.6) is 0 Å². The summed E-state index contributed by atoms with van der Waals surface area (Å²) in [5.41, 5.74) is 7.17. The van der Waals surface area contributed by atoms with Crippen molar-refractivity contribution in [1.29, 1.82) is 0 Å². The number of nitrogens with two attached hydrogens (primary N) is 1. The molecule has 2 rings (SSSR count). The molecule has 1 aliphatic rings. The van der Waals surface area contributed by atoms with Crippen LogP contribution in [0.1, 0.15) is 18.4 Å². The zero-order valence-electron chi connectivity index (χ0n) is 11.9. The van der Waals surface area contributed by atoms with Crippen LogP contribution in [-0.4, -0.2) is 44.2 Å². The van der Waals surface area contributed by atoms with E-state index in [0.29, 0.717) is 0 Å². The summed E-state index contributed by atoms with van der Waals surface area (Å²) in [6.07, 6.45) is 3.81. The SMILES string of the molecule is NCCN(CCc1ccccc1)CC1CCCNC1. The smallest absolute Gasteiger partial charge is 0.0105 e. The van der Waals surface area contributed by atoms with E-state index in [-0.39, 0.29) is 0 Å². The highest BCUT2D eigenvalue weighted by atomic mass is 15.1. The van der Waals surface area contributed by atoms with Crippen LogP contribution >= 0.6 is 0 Å². The van der Waals surface area contributed by atoms with Crippen LogP contribution in [0.2, 0.25) is 0 Å². The lowest BCUT2D eigenvalue weighted by Crippen LogP contribution is -2.40. The summed E-state index contributed by atoms with van der Waals surface area (Å²) in [5.74, 6) is 0.802. The van der Waals surface area contributed by atoms with Crippen molar-refractivity contribution in [2.75, 3.05) is 39.3 Å². The predicted octanol–water partition coefficient (Wildman–Crippen LogP) is 1.49. The molecular weight excluding hydrogens is 234 g/mol. The van der Waals surface area contributed by atoms with Gasteiger partial charge in [-0.15, -0.1) is 0 Å². The third-order valence-corrected chi connectivity index (χ3v) is 3.92. The summed E-state index contributed by atoms with van der Waals surface area (Å²) >= 11 is 0. The molecule has 0 bridgehead atoms. The van der Waals surface area contributed by atoms with Gasteiger partial charge in [0.2, 0.25) is 0 Å². The Morgan fingerprint density at radius 3 is 2.74 bits per heavy atom. The molecule has 0 amide bonds. The van der Waals surface area contributed by atoms with Crippen LogP contribution in [0.3, 0.4) is 0 Å². The zero-order valence-corrected chi connectivity index (χ0v) is 11.9. The lowest BCUT2D eigenvalue weighted by Gasteiger charge is -2.30. The lowest BCUT2D eigenvalue weighted by molar-refractivity contribution is 0.214. The number of nitrogens with one attached hydrogen (secondary N) is 1. The summed E-state index contributed by atoms with van der Waals surface area (Å²) in [4.78, 5) is 2.53. The minimum atomic E-state index is 0.759. The van der Waals surface area contributed by atoms with Gasteiger partial charge in [-0.2, -0.15) is 0 Å². The summed E-state index contributed by atoms with van der Waals surface area (Å²) < 4.78 is 0. The number of hydrogen-bond donors (Lipinski definition) is 2. The number of piperidine rings is 1. The molecular formula is C16H27N3. The normalized spacial score (nSPS) is 19.8. The number of benzene rings is 1. The summed E-state index contributed by atoms with van der Waals surface area (Å²) in [6, 6.07) is 10.7. The van der Waals surface area contributed by atoms with Gasteiger partial charge >= 0.3 is 0 Å². The minimum Gasteiger partial charge on any atom is -0.329 e. The van der Waals surface area contributed by atoms with E-state index >= 15 is 0 Å². The van der Waals surface area contributed by atoms with Crippen LogP contribution < -0.4 is 11.1 Å². The maximum absolute atomic E-state index is 5.75. The van der Waals surface area contributed by atoms with Gasteiger partial charge < -0.3 is 16.0 Å². The first kappa shape index (κ1) is 14.5. The van der Waals surface area contributed by atoms with Crippen LogP contribution in [0.15, 0.2) is 30.3 Å². The summed E-state index contributed by atoms with van der Waals surface area (Å²) in [5, 5.41) is 3.50. The standard InChI is InChI=1S/C16H27N3/c17-9-12-19(14-16-7-4-10-18-13-16)11-8-15-5-2-1-3-6-15/h1-3,5-6,16,18H,4,7-14,17H2. The largest absolute Gasteiger partial charge is 0.329 e. The van der Waals surface area contributed by atoms with Crippen molar-refractivity contribution >= 4 is 0 Å². The molecule has 19 heavy (non-hydrogen) atoms. The Morgan fingerprint density at radius 2 is 2.05 bits per heavy atom.